The molecule has 0 radical (unpaired) electrons. The van der Waals surface area contributed by atoms with Crippen LogP contribution in [0.2, 0.25) is 0 Å². The van der Waals surface area contributed by atoms with Crippen molar-refractivity contribution in [3.63, 3.8) is 0 Å². The average molecular weight is 209 g/mol. The average Bonchev–Trinajstić information content (AvgIpc) is 2.23. The van der Waals surface area contributed by atoms with Crippen molar-refractivity contribution >= 4 is 0 Å². The summed E-state index contributed by atoms with van der Waals surface area (Å²) in [4.78, 5) is 0. The van der Waals surface area contributed by atoms with Crippen LogP contribution in [0.1, 0.15) is 25.8 Å². The SMILES string of the molecule is CCC(C)CNCc1ccc(O)c(O)c1. The molecular weight excluding hydrogens is 190 g/mol. The third-order valence-corrected chi connectivity index (χ3v) is 2.56. The van der Waals surface area contributed by atoms with Gasteiger partial charge in [-0.2, -0.15) is 0 Å². The first-order chi connectivity index (χ1) is 7.13. The molecule has 15 heavy (non-hydrogen) atoms. The molecule has 0 spiro atoms. The van der Waals surface area contributed by atoms with E-state index in [0.717, 1.165) is 25.1 Å². The molecule has 0 aromatic heterocycles. The summed E-state index contributed by atoms with van der Waals surface area (Å²) in [6, 6.07) is 4.90. The molecule has 0 aliphatic rings. The van der Waals surface area contributed by atoms with Crippen molar-refractivity contribution in [1.82, 2.24) is 5.32 Å². The molecule has 0 amide bonds. The first kappa shape index (κ1) is 11.9. The van der Waals surface area contributed by atoms with Crippen LogP contribution in [0.4, 0.5) is 0 Å². The van der Waals surface area contributed by atoms with Gasteiger partial charge in [-0.1, -0.05) is 26.3 Å². The standard InChI is InChI=1S/C12H19NO2/c1-3-9(2)7-13-8-10-4-5-11(14)12(15)6-10/h4-6,9,13-15H,3,7-8H2,1-2H3. The van der Waals surface area contributed by atoms with E-state index in [1.54, 1.807) is 12.1 Å². The van der Waals surface area contributed by atoms with E-state index in [2.05, 4.69) is 19.2 Å². The number of nitrogens with one attached hydrogen (secondary N) is 1. The van der Waals surface area contributed by atoms with Crippen LogP contribution >= 0.6 is 0 Å². The summed E-state index contributed by atoms with van der Waals surface area (Å²) in [5.41, 5.74) is 0.980. The van der Waals surface area contributed by atoms with Crippen molar-refractivity contribution in [2.24, 2.45) is 5.92 Å². The molecule has 1 atom stereocenters. The summed E-state index contributed by atoms with van der Waals surface area (Å²) in [5.74, 6) is 0.536. The Hall–Kier alpha value is -1.22. The van der Waals surface area contributed by atoms with Gasteiger partial charge in [0.1, 0.15) is 0 Å². The van der Waals surface area contributed by atoms with Gasteiger partial charge < -0.3 is 15.5 Å². The van der Waals surface area contributed by atoms with Crippen LogP contribution < -0.4 is 5.32 Å². The molecule has 0 aliphatic heterocycles. The highest BCUT2D eigenvalue weighted by Gasteiger charge is 2.01. The second-order valence-electron chi connectivity index (χ2n) is 3.97. The van der Waals surface area contributed by atoms with Crippen molar-refractivity contribution < 1.29 is 10.2 Å². The van der Waals surface area contributed by atoms with Gasteiger partial charge >= 0.3 is 0 Å². The van der Waals surface area contributed by atoms with Gasteiger partial charge in [-0.15, -0.1) is 0 Å². The molecule has 0 bridgehead atoms. The summed E-state index contributed by atoms with van der Waals surface area (Å²) in [5, 5.41) is 21.7. The van der Waals surface area contributed by atoms with Gasteiger partial charge in [0.2, 0.25) is 0 Å². The number of phenolic OH excluding ortho intramolecular Hbond substituents is 2. The van der Waals surface area contributed by atoms with Crippen molar-refractivity contribution in [2.45, 2.75) is 26.8 Å². The highest BCUT2D eigenvalue weighted by molar-refractivity contribution is 5.40. The molecule has 1 rings (SSSR count). The van der Waals surface area contributed by atoms with Gasteiger partial charge in [-0.25, -0.2) is 0 Å². The van der Waals surface area contributed by atoms with E-state index in [1.165, 1.54) is 6.07 Å². The van der Waals surface area contributed by atoms with E-state index < -0.39 is 0 Å². The Bertz CT molecular complexity index is 312. The fourth-order valence-corrected chi connectivity index (χ4v) is 1.29. The first-order valence-electron chi connectivity index (χ1n) is 5.35. The summed E-state index contributed by atoms with van der Waals surface area (Å²) >= 11 is 0. The maximum Gasteiger partial charge on any atom is 0.157 e. The van der Waals surface area contributed by atoms with Gasteiger partial charge in [-0.3, -0.25) is 0 Å². The van der Waals surface area contributed by atoms with E-state index in [1.807, 2.05) is 0 Å². The molecule has 3 N–H and O–H groups in total. The van der Waals surface area contributed by atoms with Crippen molar-refractivity contribution in [3.8, 4) is 11.5 Å². The zero-order valence-corrected chi connectivity index (χ0v) is 9.33. The Morgan fingerprint density at radius 2 is 2.00 bits per heavy atom. The number of phenols is 2. The van der Waals surface area contributed by atoms with Crippen LogP contribution in [-0.4, -0.2) is 16.8 Å². The van der Waals surface area contributed by atoms with Crippen molar-refractivity contribution in [3.05, 3.63) is 23.8 Å². The number of rotatable bonds is 5. The van der Waals surface area contributed by atoms with Crippen LogP contribution in [-0.2, 0) is 6.54 Å². The lowest BCUT2D eigenvalue weighted by Gasteiger charge is -2.10. The van der Waals surface area contributed by atoms with E-state index >= 15 is 0 Å². The van der Waals surface area contributed by atoms with Gasteiger partial charge in [-0.05, 0) is 30.2 Å². The van der Waals surface area contributed by atoms with Gasteiger partial charge in [0.15, 0.2) is 11.5 Å². The Morgan fingerprint density at radius 3 is 2.60 bits per heavy atom. The second-order valence-corrected chi connectivity index (χ2v) is 3.97. The monoisotopic (exact) mass is 209 g/mol. The normalized spacial score (nSPS) is 12.7. The molecule has 3 nitrogen and oxygen atoms in total. The first-order valence-corrected chi connectivity index (χ1v) is 5.35. The molecular formula is C12H19NO2. The van der Waals surface area contributed by atoms with Crippen LogP contribution in [0, 0.1) is 5.92 Å². The fraction of sp³-hybridized carbons (Fsp3) is 0.500. The van der Waals surface area contributed by atoms with E-state index in [9.17, 15) is 5.11 Å². The van der Waals surface area contributed by atoms with Crippen LogP contribution in [0.25, 0.3) is 0 Å². The lowest BCUT2D eigenvalue weighted by Crippen LogP contribution is -2.20. The quantitative estimate of drug-likeness (QED) is 0.652. The summed E-state index contributed by atoms with van der Waals surface area (Å²) in [7, 11) is 0. The van der Waals surface area contributed by atoms with Crippen molar-refractivity contribution in [2.75, 3.05) is 6.54 Å². The minimum atomic E-state index is -0.0688. The van der Waals surface area contributed by atoms with Gasteiger partial charge in [0.05, 0.1) is 0 Å². The molecule has 1 aromatic rings. The Balaban J connectivity index is 2.41. The second kappa shape index (κ2) is 5.61. The zero-order chi connectivity index (χ0) is 11.3. The smallest absolute Gasteiger partial charge is 0.157 e. The van der Waals surface area contributed by atoms with Crippen LogP contribution in [0.15, 0.2) is 18.2 Å². The third kappa shape index (κ3) is 3.80. The maximum absolute atomic E-state index is 9.28. The summed E-state index contributed by atoms with van der Waals surface area (Å²) < 4.78 is 0. The Kier molecular flexibility index (Phi) is 4.43. The van der Waals surface area contributed by atoms with E-state index in [0.29, 0.717) is 5.92 Å². The molecule has 1 unspecified atom stereocenters. The topological polar surface area (TPSA) is 52.5 Å². The Morgan fingerprint density at radius 1 is 1.27 bits per heavy atom. The maximum atomic E-state index is 9.28. The van der Waals surface area contributed by atoms with Gasteiger partial charge in [0.25, 0.3) is 0 Å². The predicted molar refractivity (Wildman–Crippen MR) is 60.9 cm³/mol. The molecule has 84 valence electrons. The fourth-order valence-electron chi connectivity index (χ4n) is 1.29. The molecule has 0 saturated heterocycles. The molecule has 3 heteroatoms. The third-order valence-electron chi connectivity index (χ3n) is 2.56. The lowest BCUT2D eigenvalue weighted by atomic mass is 10.1. The molecule has 0 saturated carbocycles. The van der Waals surface area contributed by atoms with E-state index in [4.69, 9.17) is 5.11 Å². The molecule has 0 heterocycles. The number of hydrogen-bond donors (Lipinski definition) is 3. The zero-order valence-electron chi connectivity index (χ0n) is 9.33. The van der Waals surface area contributed by atoms with E-state index in [-0.39, 0.29) is 11.5 Å². The van der Waals surface area contributed by atoms with Crippen LogP contribution in [0.5, 0.6) is 11.5 Å². The highest BCUT2D eigenvalue weighted by atomic mass is 16.3. The number of aromatic hydroxyl groups is 2. The minimum absolute atomic E-state index is 0.0576. The lowest BCUT2D eigenvalue weighted by molar-refractivity contribution is 0.402. The summed E-state index contributed by atoms with van der Waals surface area (Å²) in [6.45, 7) is 6.05. The minimum Gasteiger partial charge on any atom is -0.504 e. The highest BCUT2D eigenvalue weighted by Crippen LogP contribution is 2.24. The summed E-state index contributed by atoms with van der Waals surface area (Å²) in [6.07, 6.45) is 1.16. The van der Waals surface area contributed by atoms with Crippen LogP contribution in [0.3, 0.4) is 0 Å². The number of hydrogen-bond acceptors (Lipinski definition) is 3. The number of benzene rings is 1. The molecule has 0 fully saturated rings. The van der Waals surface area contributed by atoms with Gasteiger partial charge in [0, 0.05) is 6.54 Å². The predicted octanol–water partition coefficient (Wildman–Crippen LogP) is 2.23. The largest absolute Gasteiger partial charge is 0.504 e. The molecule has 1 aromatic carbocycles. The molecule has 0 aliphatic carbocycles. The van der Waals surface area contributed by atoms with Crippen molar-refractivity contribution in [1.29, 1.82) is 0 Å². The Labute approximate surface area is 90.8 Å².